The van der Waals surface area contributed by atoms with E-state index in [0.29, 0.717) is 0 Å². The first-order valence-electron chi connectivity index (χ1n) is 9.74. The molecule has 0 atom stereocenters. The maximum Gasteiger partial charge on any atom is 0.248 e. The third kappa shape index (κ3) is 3.87. The number of carbonyl (C=O) groups excluding carboxylic acids is 1. The molecule has 0 radical (unpaired) electrons. The highest BCUT2D eigenvalue weighted by atomic mass is 32.1. The van der Waals surface area contributed by atoms with E-state index < -0.39 is 5.54 Å². The number of carbonyl (C=O) groups is 1. The van der Waals surface area contributed by atoms with E-state index in [4.69, 9.17) is 0 Å². The van der Waals surface area contributed by atoms with Gasteiger partial charge in [0.25, 0.3) is 0 Å². The fourth-order valence-electron chi connectivity index (χ4n) is 4.12. The minimum absolute atomic E-state index is 0.249. The van der Waals surface area contributed by atoms with Crippen LogP contribution in [0.5, 0.6) is 0 Å². The van der Waals surface area contributed by atoms with Crippen LogP contribution < -0.4 is 5.32 Å². The smallest absolute Gasteiger partial charge is 0.248 e. The van der Waals surface area contributed by atoms with E-state index in [2.05, 4.69) is 27.2 Å². The van der Waals surface area contributed by atoms with Crippen LogP contribution in [-0.4, -0.2) is 62.2 Å². The molecule has 0 aromatic carbocycles. The largest absolute Gasteiger partial charge is 0.354 e. The maximum atomic E-state index is 13.4. The summed E-state index contributed by atoms with van der Waals surface area (Å²) in [6.45, 7) is 6.56. The standard InChI is InChI=1S/C19H28N6OS/c1-15-16(27-14-20-15)13-24-11-6-19(7-12-24,18(26)25-8-3-4-9-25)21-17-5-10-23(2)22-17/h5,10,14H,3-4,6-9,11-13H2,1-2H3,(H,21,22). The van der Waals surface area contributed by atoms with Crippen molar-refractivity contribution in [3.05, 3.63) is 28.3 Å². The second-order valence-electron chi connectivity index (χ2n) is 7.72. The Morgan fingerprint density at radius 2 is 2.00 bits per heavy atom. The number of rotatable bonds is 5. The molecule has 2 aromatic rings. The molecule has 2 aromatic heterocycles. The molecule has 7 nitrogen and oxygen atoms in total. The van der Waals surface area contributed by atoms with Gasteiger partial charge in [-0.15, -0.1) is 11.3 Å². The number of aryl methyl sites for hydroxylation is 2. The van der Waals surface area contributed by atoms with Gasteiger partial charge in [-0.2, -0.15) is 5.10 Å². The summed E-state index contributed by atoms with van der Waals surface area (Å²) in [5, 5.41) is 7.99. The number of likely N-dealkylation sites (tertiary alicyclic amines) is 2. The molecule has 27 heavy (non-hydrogen) atoms. The van der Waals surface area contributed by atoms with Crippen LogP contribution in [0.15, 0.2) is 17.8 Å². The third-order valence-electron chi connectivity index (χ3n) is 5.81. The lowest BCUT2D eigenvalue weighted by molar-refractivity contribution is -0.136. The van der Waals surface area contributed by atoms with Crippen LogP contribution in [0.1, 0.15) is 36.3 Å². The van der Waals surface area contributed by atoms with Gasteiger partial charge in [0.05, 0.1) is 11.2 Å². The molecule has 0 spiro atoms. The van der Waals surface area contributed by atoms with Crippen molar-refractivity contribution in [2.24, 2.45) is 7.05 Å². The lowest BCUT2D eigenvalue weighted by Crippen LogP contribution is -2.58. The number of hydrogen-bond acceptors (Lipinski definition) is 6. The summed E-state index contributed by atoms with van der Waals surface area (Å²) >= 11 is 1.72. The minimum Gasteiger partial charge on any atom is -0.354 e. The first-order chi connectivity index (χ1) is 13.1. The van der Waals surface area contributed by atoms with Crippen LogP contribution in [0.25, 0.3) is 0 Å². The van der Waals surface area contributed by atoms with Gasteiger partial charge in [-0.05, 0) is 32.6 Å². The summed E-state index contributed by atoms with van der Waals surface area (Å²) in [5.41, 5.74) is 2.49. The van der Waals surface area contributed by atoms with Crippen molar-refractivity contribution in [3.8, 4) is 0 Å². The molecule has 0 unspecified atom stereocenters. The zero-order valence-corrected chi connectivity index (χ0v) is 17.0. The molecule has 2 saturated heterocycles. The summed E-state index contributed by atoms with van der Waals surface area (Å²) in [6, 6.07) is 1.95. The number of aromatic nitrogens is 3. The highest BCUT2D eigenvalue weighted by Crippen LogP contribution is 2.31. The first-order valence-corrected chi connectivity index (χ1v) is 10.6. The van der Waals surface area contributed by atoms with E-state index in [1.165, 1.54) is 4.88 Å². The molecule has 2 aliphatic rings. The monoisotopic (exact) mass is 388 g/mol. The number of thiazole rings is 1. The highest BCUT2D eigenvalue weighted by molar-refractivity contribution is 7.09. The molecular weight excluding hydrogens is 360 g/mol. The normalized spacial score (nSPS) is 20.1. The Balaban J connectivity index is 1.49. The third-order valence-corrected chi connectivity index (χ3v) is 6.73. The predicted octanol–water partition coefficient (Wildman–Crippen LogP) is 2.25. The average Bonchev–Trinajstić information content (AvgIpc) is 3.40. The van der Waals surface area contributed by atoms with Crippen LogP contribution in [0, 0.1) is 6.92 Å². The molecule has 1 N–H and O–H groups in total. The topological polar surface area (TPSA) is 66.3 Å². The summed E-state index contributed by atoms with van der Waals surface area (Å²) in [6.07, 6.45) is 5.75. The Labute approximate surface area is 164 Å². The van der Waals surface area contributed by atoms with E-state index in [1.807, 2.05) is 29.7 Å². The van der Waals surface area contributed by atoms with Gasteiger partial charge in [0.15, 0.2) is 0 Å². The van der Waals surface area contributed by atoms with Gasteiger partial charge in [-0.3, -0.25) is 14.4 Å². The second kappa shape index (κ2) is 7.59. The van der Waals surface area contributed by atoms with Crippen molar-refractivity contribution in [1.29, 1.82) is 0 Å². The first kappa shape index (κ1) is 18.4. The Morgan fingerprint density at radius 3 is 2.59 bits per heavy atom. The number of nitrogens with one attached hydrogen (secondary N) is 1. The fourth-order valence-corrected chi connectivity index (χ4v) is 4.93. The molecule has 4 rings (SSSR count). The molecule has 2 aliphatic heterocycles. The second-order valence-corrected chi connectivity index (χ2v) is 8.66. The van der Waals surface area contributed by atoms with Crippen molar-refractivity contribution in [2.45, 2.75) is 44.7 Å². The zero-order chi connectivity index (χ0) is 18.9. The number of anilines is 1. The highest BCUT2D eigenvalue weighted by Gasteiger charge is 2.44. The average molecular weight is 389 g/mol. The molecular formula is C19H28N6OS. The van der Waals surface area contributed by atoms with Crippen molar-refractivity contribution in [1.82, 2.24) is 24.6 Å². The summed E-state index contributed by atoms with van der Waals surface area (Å²) in [5.74, 6) is 1.04. The Morgan fingerprint density at radius 1 is 1.26 bits per heavy atom. The summed E-state index contributed by atoms with van der Waals surface area (Å²) < 4.78 is 1.78. The summed E-state index contributed by atoms with van der Waals surface area (Å²) in [7, 11) is 1.90. The maximum absolute atomic E-state index is 13.4. The summed E-state index contributed by atoms with van der Waals surface area (Å²) in [4.78, 5) is 23.6. The molecule has 1 amide bonds. The van der Waals surface area contributed by atoms with E-state index >= 15 is 0 Å². The molecule has 2 fully saturated rings. The van der Waals surface area contributed by atoms with Gasteiger partial charge < -0.3 is 10.2 Å². The van der Waals surface area contributed by atoms with Gasteiger partial charge in [0, 0.05) is 56.9 Å². The number of nitrogens with zero attached hydrogens (tertiary/aromatic N) is 5. The van der Waals surface area contributed by atoms with Crippen LogP contribution in [-0.2, 0) is 18.4 Å². The van der Waals surface area contributed by atoms with Gasteiger partial charge in [0.2, 0.25) is 5.91 Å². The minimum atomic E-state index is -0.544. The van der Waals surface area contributed by atoms with E-state index in [9.17, 15) is 4.79 Å². The predicted molar refractivity (Wildman–Crippen MR) is 107 cm³/mol. The van der Waals surface area contributed by atoms with E-state index in [1.54, 1.807) is 16.0 Å². The number of hydrogen-bond donors (Lipinski definition) is 1. The molecule has 8 heteroatoms. The van der Waals surface area contributed by atoms with Crippen LogP contribution in [0.4, 0.5) is 5.82 Å². The van der Waals surface area contributed by atoms with E-state index in [0.717, 1.165) is 69.9 Å². The van der Waals surface area contributed by atoms with Crippen LogP contribution in [0.3, 0.4) is 0 Å². The Hall–Kier alpha value is -1.93. The van der Waals surface area contributed by atoms with Crippen LogP contribution >= 0.6 is 11.3 Å². The van der Waals surface area contributed by atoms with Crippen molar-refractivity contribution in [2.75, 3.05) is 31.5 Å². The zero-order valence-electron chi connectivity index (χ0n) is 16.1. The SMILES string of the molecule is Cc1ncsc1CN1CCC(Nc2ccn(C)n2)(C(=O)N2CCCC2)CC1. The number of piperidine rings is 1. The molecule has 0 bridgehead atoms. The lowest BCUT2D eigenvalue weighted by Gasteiger charge is -2.43. The van der Waals surface area contributed by atoms with Gasteiger partial charge in [-0.1, -0.05) is 0 Å². The van der Waals surface area contributed by atoms with Crippen molar-refractivity contribution < 1.29 is 4.79 Å². The van der Waals surface area contributed by atoms with Gasteiger partial charge in [-0.25, -0.2) is 4.98 Å². The molecule has 0 aliphatic carbocycles. The van der Waals surface area contributed by atoms with Gasteiger partial charge >= 0.3 is 0 Å². The van der Waals surface area contributed by atoms with E-state index in [-0.39, 0.29) is 5.91 Å². The Bertz CT molecular complexity index is 786. The quantitative estimate of drug-likeness (QED) is 0.851. The molecule has 0 saturated carbocycles. The molecule has 146 valence electrons. The molecule has 4 heterocycles. The lowest BCUT2D eigenvalue weighted by atomic mass is 9.85. The van der Waals surface area contributed by atoms with Crippen molar-refractivity contribution in [3.63, 3.8) is 0 Å². The van der Waals surface area contributed by atoms with Gasteiger partial charge in [0.1, 0.15) is 11.4 Å². The van der Waals surface area contributed by atoms with Crippen molar-refractivity contribution >= 4 is 23.1 Å². The number of amides is 1. The van der Waals surface area contributed by atoms with Crippen LogP contribution in [0.2, 0.25) is 0 Å². The Kier molecular flexibility index (Phi) is 5.19. The fraction of sp³-hybridized carbons (Fsp3) is 0.632.